The molecule has 3 heteroatoms. The maximum absolute atomic E-state index is 9.12. The SMILES string of the molecule is C=CC1N=C(C2CCC(CO)CC2)SC1C. The Balaban J connectivity index is 1.92. The molecule has 16 heavy (non-hydrogen) atoms. The molecular weight excluding hydrogens is 218 g/mol. The van der Waals surface area contributed by atoms with Crippen LogP contribution in [0.25, 0.3) is 0 Å². The summed E-state index contributed by atoms with van der Waals surface area (Å²) in [5.74, 6) is 1.19. The zero-order valence-electron chi connectivity index (χ0n) is 9.93. The van der Waals surface area contributed by atoms with Crippen LogP contribution in [0.4, 0.5) is 0 Å². The number of aliphatic hydroxyl groups excluding tert-OH is 1. The van der Waals surface area contributed by atoms with Crippen LogP contribution in [0.1, 0.15) is 32.6 Å². The van der Waals surface area contributed by atoms with Crippen LogP contribution in [0.2, 0.25) is 0 Å². The van der Waals surface area contributed by atoms with Crippen molar-refractivity contribution < 1.29 is 5.11 Å². The molecule has 0 radical (unpaired) electrons. The molecule has 0 aromatic carbocycles. The second-order valence-electron chi connectivity index (χ2n) is 4.92. The second-order valence-corrected chi connectivity index (χ2v) is 6.31. The maximum atomic E-state index is 9.12. The molecule has 1 saturated carbocycles. The first-order valence-corrected chi connectivity index (χ1v) is 7.10. The fraction of sp³-hybridized carbons (Fsp3) is 0.769. The van der Waals surface area contributed by atoms with Crippen LogP contribution in [0.15, 0.2) is 17.6 Å². The standard InChI is InChI=1S/C13H21NOS/c1-3-12-9(2)16-13(14-12)11-6-4-10(8-15)5-7-11/h3,9-12,15H,1,4-8H2,2H3. The van der Waals surface area contributed by atoms with Crippen LogP contribution >= 0.6 is 11.8 Å². The second kappa shape index (κ2) is 5.37. The summed E-state index contributed by atoms with van der Waals surface area (Å²) in [5, 5.41) is 11.0. The fourth-order valence-electron chi connectivity index (χ4n) is 2.58. The number of rotatable bonds is 3. The average molecular weight is 239 g/mol. The molecule has 2 atom stereocenters. The maximum Gasteiger partial charge on any atom is 0.0806 e. The van der Waals surface area contributed by atoms with Crippen molar-refractivity contribution in [1.29, 1.82) is 0 Å². The molecule has 1 aliphatic carbocycles. The van der Waals surface area contributed by atoms with Gasteiger partial charge in [0.1, 0.15) is 0 Å². The van der Waals surface area contributed by atoms with Gasteiger partial charge in [-0.1, -0.05) is 13.0 Å². The summed E-state index contributed by atoms with van der Waals surface area (Å²) in [7, 11) is 0. The van der Waals surface area contributed by atoms with Crippen molar-refractivity contribution in [3.8, 4) is 0 Å². The number of hydrogen-bond donors (Lipinski definition) is 1. The summed E-state index contributed by atoms with van der Waals surface area (Å²) in [6.07, 6.45) is 6.69. The Morgan fingerprint density at radius 1 is 1.44 bits per heavy atom. The molecule has 2 aliphatic rings. The summed E-state index contributed by atoms with van der Waals surface area (Å²) in [5.41, 5.74) is 0. The number of thioether (sulfide) groups is 1. The van der Waals surface area contributed by atoms with Gasteiger partial charge in [0.15, 0.2) is 0 Å². The molecule has 1 heterocycles. The van der Waals surface area contributed by atoms with Crippen molar-refractivity contribution in [3.63, 3.8) is 0 Å². The van der Waals surface area contributed by atoms with Gasteiger partial charge in [0, 0.05) is 17.8 Å². The lowest BCUT2D eigenvalue weighted by molar-refractivity contribution is 0.181. The molecule has 0 aromatic rings. The predicted octanol–water partition coefficient (Wildman–Crippen LogP) is 2.87. The summed E-state index contributed by atoms with van der Waals surface area (Å²) in [4.78, 5) is 4.76. The number of nitrogens with zero attached hydrogens (tertiary/aromatic N) is 1. The molecule has 1 N–H and O–H groups in total. The highest BCUT2D eigenvalue weighted by Gasteiger charge is 2.31. The van der Waals surface area contributed by atoms with Crippen LogP contribution < -0.4 is 0 Å². The summed E-state index contributed by atoms with van der Waals surface area (Å²) >= 11 is 1.93. The van der Waals surface area contributed by atoms with E-state index >= 15 is 0 Å². The average Bonchev–Trinajstić information content (AvgIpc) is 2.71. The Kier molecular flexibility index (Phi) is 4.09. The summed E-state index contributed by atoms with van der Waals surface area (Å²) in [6, 6.07) is 0.315. The van der Waals surface area contributed by atoms with Gasteiger partial charge in [0.05, 0.1) is 11.1 Å². The van der Waals surface area contributed by atoms with Crippen LogP contribution in [0, 0.1) is 11.8 Å². The molecule has 0 saturated heterocycles. The van der Waals surface area contributed by atoms with Gasteiger partial charge in [-0.15, -0.1) is 18.3 Å². The van der Waals surface area contributed by atoms with E-state index in [0.717, 1.165) is 12.8 Å². The van der Waals surface area contributed by atoms with Crippen LogP contribution in [0.3, 0.4) is 0 Å². The highest BCUT2D eigenvalue weighted by Crippen LogP contribution is 2.38. The first kappa shape index (κ1) is 12.2. The summed E-state index contributed by atoms with van der Waals surface area (Å²) in [6.45, 7) is 6.43. The summed E-state index contributed by atoms with van der Waals surface area (Å²) < 4.78 is 0. The lowest BCUT2D eigenvalue weighted by Gasteiger charge is -2.27. The minimum Gasteiger partial charge on any atom is -0.396 e. The van der Waals surface area contributed by atoms with E-state index in [0.29, 0.717) is 29.7 Å². The number of aliphatic imine (C=N–C) groups is 1. The third-order valence-corrected chi connectivity index (χ3v) is 5.09. The van der Waals surface area contributed by atoms with E-state index in [-0.39, 0.29) is 0 Å². The Bertz CT molecular complexity index is 282. The lowest BCUT2D eigenvalue weighted by Crippen LogP contribution is -2.21. The number of hydrogen-bond acceptors (Lipinski definition) is 3. The van der Waals surface area contributed by atoms with Crippen molar-refractivity contribution >= 4 is 16.8 Å². The van der Waals surface area contributed by atoms with E-state index in [1.807, 2.05) is 17.8 Å². The molecule has 1 fully saturated rings. The number of aliphatic hydroxyl groups is 1. The van der Waals surface area contributed by atoms with Crippen molar-refractivity contribution in [2.45, 2.75) is 43.9 Å². The third-order valence-electron chi connectivity index (χ3n) is 3.76. The lowest BCUT2D eigenvalue weighted by atomic mass is 9.83. The van der Waals surface area contributed by atoms with Crippen LogP contribution in [-0.2, 0) is 0 Å². The van der Waals surface area contributed by atoms with Gasteiger partial charge in [-0.3, -0.25) is 4.99 Å². The Labute approximate surface area is 102 Å². The minimum atomic E-state index is 0.315. The van der Waals surface area contributed by atoms with Gasteiger partial charge in [-0.25, -0.2) is 0 Å². The zero-order chi connectivity index (χ0) is 11.5. The van der Waals surface area contributed by atoms with E-state index in [1.54, 1.807) is 0 Å². The molecule has 0 spiro atoms. The smallest absolute Gasteiger partial charge is 0.0806 e. The normalized spacial score (nSPS) is 39.5. The van der Waals surface area contributed by atoms with Crippen molar-refractivity contribution in [1.82, 2.24) is 0 Å². The largest absolute Gasteiger partial charge is 0.396 e. The molecule has 90 valence electrons. The van der Waals surface area contributed by atoms with E-state index in [2.05, 4.69) is 13.5 Å². The van der Waals surface area contributed by atoms with Gasteiger partial charge in [0.2, 0.25) is 0 Å². The van der Waals surface area contributed by atoms with E-state index in [4.69, 9.17) is 10.1 Å². The molecule has 1 aliphatic heterocycles. The van der Waals surface area contributed by atoms with Gasteiger partial charge >= 0.3 is 0 Å². The van der Waals surface area contributed by atoms with Gasteiger partial charge < -0.3 is 5.11 Å². The topological polar surface area (TPSA) is 32.6 Å². The Morgan fingerprint density at radius 2 is 2.12 bits per heavy atom. The molecule has 2 nitrogen and oxygen atoms in total. The Morgan fingerprint density at radius 3 is 2.62 bits per heavy atom. The van der Waals surface area contributed by atoms with Gasteiger partial charge in [0.25, 0.3) is 0 Å². The third kappa shape index (κ3) is 2.51. The molecule has 2 unspecified atom stereocenters. The molecule has 0 bridgehead atoms. The van der Waals surface area contributed by atoms with Crippen LogP contribution in [0.5, 0.6) is 0 Å². The van der Waals surface area contributed by atoms with Crippen LogP contribution in [-0.4, -0.2) is 28.0 Å². The predicted molar refractivity (Wildman–Crippen MR) is 71.0 cm³/mol. The highest BCUT2D eigenvalue weighted by molar-refractivity contribution is 8.14. The minimum absolute atomic E-state index is 0.315. The first-order valence-electron chi connectivity index (χ1n) is 6.22. The van der Waals surface area contributed by atoms with Crippen molar-refractivity contribution in [2.24, 2.45) is 16.8 Å². The zero-order valence-corrected chi connectivity index (χ0v) is 10.7. The molecule has 2 rings (SSSR count). The molecule has 0 aromatic heterocycles. The fourth-order valence-corrected chi connectivity index (χ4v) is 3.88. The molecular formula is C13H21NOS. The van der Waals surface area contributed by atoms with Gasteiger partial charge in [-0.05, 0) is 31.6 Å². The quantitative estimate of drug-likeness (QED) is 0.768. The molecule has 0 amide bonds. The van der Waals surface area contributed by atoms with E-state index < -0.39 is 0 Å². The van der Waals surface area contributed by atoms with Gasteiger partial charge in [-0.2, -0.15) is 0 Å². The Hall–Kier alpha value is -0.280. The van der Waals surface area contributed by atoms with Crippen molar-refractivity contribution in [2.75, 3.05) is 6.61 Å². The first-order chi connectivity index (χ1) is 7.74. The monoisotopic (exact) mass is 239 g/mol. The highest BCUT2D eigenvalue weighted by atomic mass is 32.2. The van der Waals surface area contributed by atoms with E-state index in [1.165, 1.54) is 17.9 Å². The van der Waals surface area contributed by atoms with Crippen molar-refractivity contribution in [3.05, 3.63) is 12.7 Å². The van der Waals surface area contributed by atoms with E-state index in [9.17, 15) is 0 Å².